The van der Waals surface area contributed by atoms with Gasteiger partial charge < -0.3 is 15.5 Å². The molecular weight excluding hydrogens is 366 g/mol. The molecule has 0 spiro atoms. The van der Waals surface area contributed by atoms with Crippen LogP contribution in [0, 0.1) is 11.3 Å². The molecule has 0 aliphatic carbocycles. The van der Waals surface area contributed by atoms with Crippen LogP contribution in [0.4, 0.5) is 11.4 Å². The number of nitrogens with zero attached hydrogens (tertiary/aromatic N) is 2. The van der Waals surface area contributed by atoms with Gasteiger partial charge >= 0.3 is 0 Å². The highest BCUT2D eigenvalue weighted by Crippen LogP contribution is 2.37. The Morgan fingerprint density at radius 2 is 1.59 bits per heavy atom. The maximum Gasteiger partial charge on any atom is 0.275 e. The van der Waals surface area contributed by atoms with E-state index < -0.39 is 6.04 Å². The van der Waals surface area contributed by atoms with E-state index in [4.69, 9.17) is 0 Å². The summed E-state index contributed by atoms with van der Waals surface area (Å²) in [5, 5.41) is 31.4. The molecule has 4 rings (SSSR count). The van der Waals surface area contributed by atoms with Gasteiger partial charge in [0.05, 0.1) is 17.7 Å². The number of benzene rings is 3. The molecule has 1 amide bonds. The van der Waals surface area contributed by atoms with Crippen molar-refractivity contribution in [1.82, 2.24) is 0 Å². The molecular formula is C23H17N3O3. The SMILES string of the molecule is N#Cc1cccc(C2C=C(Nc3ccc(O)cc3)C(=O)N2c2ccc(O)cc2)c1. The first-order chi connectivity index (χ1) is 14.0. The van der Waals surface area contributed by atoms with Crippen molar-refractivity contribution >= 4 is 17.3 Å². The Balaban J connectivity index is 1.74. The van der Waals surface area contributed by atoms with Crippen molar-refractivity contribution < 1.29 is 15.0 Å². The fourth-order valence-electron chi connectivity index (χ4n) is 3.28. The molecule has 0 saturated heterocycles. The van der Waals surface area contributed by atoms with Crippen molar-refractivity contribution in [3.8, 4) is 17.6 Å². The minimum Gasteiger partial charge on any atom is -0.508 e. The molecule has 0 fully saturated rings. The zero-order valence-electron chi connectivity index (χ0n) is 15.3. The average molecular weight is 383 g/mol. The molecule has 0 bridgehead atoms. The van der Waals surface area contributed by atoms with Crippen LogP contribution >= 0.6 is 0 Å². The van der Waals surface area contributed by atoms with Crippen LogP contribution in [0.25, 0.3) is 0 Å². The van der Waals surface area contributed by atoms with Crippen LogP contribution < -0.4 is 10.2 Å². The van der Waals surface area contributed by atoms with Crippen LogP contribution in [0.5, 0.6) is 11.5 Å². The van der Waals surface area contributed by atoms with Gasteiger partial charge in [-0.15, -0.1) is 0 Å². The number of hydrogen-bond acceptors (Lipinski definition) is 5. The molecule has 1 aliphatic heterocycles. The Kier molecular flexibility index (Phi) is 4.63. The van der Waals surface area contributed by atoms with Crippen LogP contribution in [-0.4, -0.2) is 16.1 Å². The first-order valence-corrected chi connectivity index (χ1v) is 8.96. The smallest absolute Gasteiger partial charge is 0.275 e. The summed E-state index contributed by atoms with van der Waals surface area (Å²) in [6.07, 6.45) is 1.80. The Hall–Kier alpha value is -4.24. The Labute approximate surface area is 167 Å². The summed E-state index contributed by atoms with van der Waals surface area (Å²) in [4.78, 5) is 14.8. The molecule has 142 valence electrons. The van der Waals surface area contributed by atoms with Crippen molar-refractivity contribution in [2.75, 3.05) is 10.2 Å². The third-order valence-electron chi connectivity index (χ3n) is 4.68. The highest BCUT2D eigenvalue weighted by molar-refractivity contribution is 6.11. The Morgan fingerprint density at radius 1 is 0.931 bits per heavy atom. The van der Waals surface area contributed by atoms with Crippen LogP contribution in [0.15, 0.2) is 84.6 Å². The number of aromatic hydroxyl groups is 2. The second-order valence-corrected chi connectivity index (χ2v) is 6.63. The largest absolute Gasteiger partial charge is 0.508 e. The molecule has 0 saturated carbocycles. The van der Waals surface area contributed by atoms with Crippen molar-refractivity contribution in [3.63, 3.8) is 0 Å². The van der Waals surface area contributed by atoms with Gasteiger partial charge in [0.25, 0.3) is 5.91 Å². The van der Waals surface area contributed by atoms with Gasteiger partial charge in [-0.3, -0.25) is 9.69 Å². The number of hydrogen-bond donors (Lipinski definition) is 3. The second kappa shape index (κ2) is 7.41. The standard InChI is InChI=1S/C23H17N3O3/c24-14-15-2-1-3-16(12-15)22-13-21(25-17-4-8-19(27)9-5-17)23(29)26(22)18-6-10-20(28)11-7-18/h1-13,22,25,27-28H. The predicted octanol–water partition coefficient (Wildman–Crippen LogP) is 4.05. The normalized spacial score (nSPS) is 15.7. The molecule has 1 atom stereocenters. The highest BCUT2D eigenvalue weighted by Gasteiger charge is 2.34. The van der Waals surface area contributed by atoms with E-state index in [0.29, 0.717) is 22.6 Å². The molecule has 29 heavy (non-hydrogen) atoms. The van der Waals surface area contributed by atoms with E-state index in [0.717, 1.165) is 5.56 Å². The third kappa shape index (κ3) is 3.62. The summed E-state index contributed by atoms with van der Waals surface area (Å²) in [7, 11) is 0. The summed E-state index contributed by atoms with van der Waals surface area (Å²) in [6.45, 7) is 0. The minimum atomic E-state index is -0.417. The van der Waals surface area contributed by atoms with Gasteiger partial charge in [0, 0.05) is 11.4 Å². The second-order valence-electron chi connectivity index (χ2n) is 6.63. The highest BCUT2D eigenvalue weighted by atomic mass is 16.3. The zero-order valence-corrected chi connectivity index (χ0v) is 15.3. The van der Waals surface area contributed by atoms with Crippen LogP contribution in [-0.2, 0) is 4.79 Å². The molecule has 3 N–H and O–H groups in total. The van der Waals surface area contributed by atoms with Crippen LogP contribution in [0.3, 0.4) is 0 Å². The number of nitriles is 1. The van der Waals surface area contributed by atoms with Gasteiger partial charge in [0.15, 0.2) is 0 Å². The maximum atomic E-state index is 13.2. The van der Waals surface area contributed by atoms with Gasteiger partial charge in [-0.1, -0.05) is 12.1 Å². The third-order valence-corrected chi connectivity index (χ3v) is 4.68. The molecule has 3 aromatic carbocycles. The van der Waals surface area contributed by atoms with Gasteiger partial charge in [0.1, 0.15) is 17.2 Å². The Morgan fingerprint density at radius 3 is 2.24 bits per heavy atom. The molecule has 1 heterocycles. The van der Waals surface area contributed by atoms with Gasteiger partial charge in [-0.05, 0) is 72.3 Å². The lowest BCUT2D eigenvalue weighted by Crippen LogP contribution is -2.30. The Bertz CT molecular complexity index is 1130. The number of rotatable bonds is 4. The first-order valence-electron chi connectivity index (χ1n) is 8.96. The van der Waals surface area contributed by atoms with E-state index in [1.807, 2.05) is 6.07 Å². The summed E-state index contributed by atoms with van der Waals surface area (Å²) in [5.41, 5.74) is 2.98. The molecule has 0 radical (unpaired) electrons. The van der Waals surface area contributed by atoms with Gasteiger partial charge in [0.2, 0.25) is 0 Å². The van der Waals surface area contributed by atoms with Crippen LogP contribution in [0.2, 0.25) is 0 Å². The summed E-state index contributed by atoms with van der Waals surface area (Å²) in [5.74, 6) is 0.00847. The predicted molar refractivity (Wildman–Crippen MR) is 109 cm³/mol. The van der Waals surface area contributed by atoms with Crippen LogP contribution in [0.1, 0.15) is 17.2 Å². The van der Waals surface area contributed by atoms with E-state index in [-0.39, 0.29) is 17.4 Å². The van der Waals surface area contributed by atoms with Gasteiger partial charge in [-0.25, -0.2) is 0 Å². The molecule has 1 unspecified atom stereocenters. The number of anilines is 2. The fraction of sp³-hybridized carbons (Fsp3) is 0.0435. The number of amides is 1. The molecule has 1 aliphatic rings. The van der Waals surface area contributed by atoms with Crippen molar-refractivity contribution in [3.05, 3.63) is 95.7 Å². The fourth-order valence-corrected chi connectivity index (χ4v) is 3.28. The number of carbonyl (C=O) groups is 1. The number of nitrogens with one attached hydrogen (secondary N) is 1. The van der Waals surface area contributed by atoms with E-state index >= 15 is 0 Å². The average Bonchev–Trinajstić information content (AvgIpc) is 3.06. The van der Waals surface area contributed by atoms with E-state index in [2.05, 4.69) is 11.4 Å². The summed E-state index contributed by atoms with van der Waals surface area (Å²) < 4.78 is 0. The number of phenolic OH excluding ortho intramolecular Hbond substituents is 2. The van der Waals surface area contributed by atoms with Crippen molar-refractivity contribution in [1.29, 1.82) is 5.26 Å². The van der Waals surface area contributed by atoms with Gasteiger partial charge in [-0.2, -0.15) is 5.26 Å². The topological polar surface area (TPSA) is 96.6 Å². The lowest BCUT2D eigenvalue weighted by Gasteiger charge is -2.25. The molecule has 3 aromatic rings. The summed E-state index contributed by atoms with van der Waals surface area (Å²) in [6, 6.07) is 21.6. The molecule has 6 nitrogen and oxygen atoms in total. The lowest BCUT2D eigenvalue weighted by atomic mass is 10.0. The quantitative estimate of drug-likeness (QED) is 0.591. The summed E-state index contributed by atoms with van der Waals surface area (Å²) >= 11 is 0. The maximum absolute atomic E-state index is 13.2. The van der Waals surface area contributed by atoms with Crippen molar-refractivity contribution in [2.24, 2.45) is 0 Å². The lowest BCUT2D eigenvalue weighted by molar-refractivity contribution is -0.114. The first kappa shape index (κ1) is 18.1. The van der Waals surface area contributed by atoms with Crippen molar-refractivity contribution in [2.45, 2.75) is 6.04 Å². The van der Waals surface area contributed by atoms with E-state index in [1.165, 1.54) is 24.3 Å². The zero-order chi connectivity index (χ0) is 20.4. The minimum absolute atomic E-state index is 0.110. The molecule has 0 aromatic heterocycles. The van der Waals surface area contributed by atoms with E-state index in [1.54, 1.807) is 53.4 Å². The molecule has 6 heteroatoms. The number of phenols is 2. The number of carbonyl (C=O) groups excluding carboxylic acids is 1. The monoisotopic (exact) mass is 383 g/mol. The van der Waals surface area contributed by atoms with E-state index in [9.17, 15) is 20.3 Å².